The average molecular weight is 401 g/mol. The molecule has 3 nitrogen and oxygen atoms in total. The van der Waals surface area contributed by atoms with Crippen molar-refractivity contribution in [1.82, 2.24) is 0 Å². The van der Waals surface area contributed by atoms with Gasteiger partial charge in [0.1, 0.15) is 0 Å². The molecule has 0 radical (unpaired) electrons. The summed E-state index contributed by atoms with van der Waals surface area (Å²) >= 11 is 13.3. The molecule has 0 atom stereocenters. The van der Waals surface area contributed by atoms with Gasteiger partial charge in [0.2, 0.25) is 0 Å². The number of halogens is 2. The predicted molar refractivity (Wildman–Crippen MR) is 108 cm³/mol. The molecule has 2 rings (SSSR count). The van der Waals surface area contributed by atoms with E-state index >= 15 is 0 Å². The van der Waals surface area contributed by atoms with Crippen LogP contribution in [0.4, 0.5) is 0 Å². The van der Waals surface area contributed by atoms with Crippen molar-refractivity contribution in [3.8, 4) is 0 Å². The summed E-state index contributed by atoms with van der Waals surface area (Å²) in [6.45, 7) is 9.60. The second kappa shape index (κ2) is 8.05. The number of carbonyl (C=O) groups excluding carboxylic acids is 1. The normalized spacial score (nSPS) is 19.3. The Balaban J connectivity index is 2.35. The molecule has 0 bridgehead atoms. The van der Waals surface area contributed by atoms with E-state index in [-0.39, 0.29) is 5.12 Å². The largest absolute Gasteiger partial charge is 0.491 e. The van der Waals surface area contributed by atoms with Crippen molar-refractivity contribution in [2.24, 2.45) is 0 Å². The van der Waals surface area contributed by atoms with Crippen LogP contribution in [0.1, 0.15) is 45.7 Å². The highest BCUT2D eigenvalue weighted by Crippen LogP contribution is 2.39. The van der Waals surface area contributed by atoms with Crippen LogP contribution < -0.4 is 0 Å². The van der Waals surface area contributed by atoms with E-state index < -0.39 is 18.3 Å². The van der Waals surface area contributed by atoms with Crippen LogP contribution in [0.3, 0.4) is 0 Å². The molecule has 0 aromatic heterocycles. The molecule has 136 valence electrons. The van der Waals surface area contributed by atoms with Crippen LogP contribution >= 0.6 is 35.0 Å². The predicted octanol–water partition coefficient (Wildman–Crippen LogP) is 5.37. The monoisotopic (exact) mass is 400 g/mol. The summed E-state index contributed by atoms with van der Waals surface area (Å²) in [4.78, 5) is 11.4. The quantitative estimate of drug-likeness (QED) is 0.491. The minimum absolute atomic E-state index is 0.0555. The lowest BCUT2D eigenvalue weighted by atomic mass is 9.78. The highest BCUT2D eigenvalue weighted by atomic mass is 35.5. The summed E-state index contributed by atoms with van der Waals surface area (Å²) in [6, 6.07) is 5.69. The summed E-state index contributed by atoms with van der Waals surface area (Å²) < 4.78 is 12.3. The minimum atomic E-state index is -0.494. The van der Waals surface area contributed by atoms with Gasteiger partial charge in [0, 0.05) is 23.6 Å². The number of hydrogen-bond donors (Lipinski definition) is 0. The molecule has 0 aliphatic carbocycles. The number of benzene rings is 1. The van der Waals surface area contributed by atoms with E-state index in [4.69, 9.17) is 32.5 Å². The van der Waals surface area contributed by atoms with Gasteiger partial charge in [-0.3, -0.25) is 4.79 Å². The maximum atomic E-state index is 11.4. The van der Waals surface area contributed by atoms with E-state index in [1.165, 1.54) is 11.8 Å². The molecule has 1 saturated heterocycles. The second-order valence-corrected chi connectivity index (χ2v) is 8.90. The molecule has 0 unspecified atom stereocenters. The Hall–Kier alpha value is -0.455. The van der Waals surface area contributed by atoms with Crippen molar-refractivity contribution in [2.75, 3.05) is 5.75 Å². The molecular weight excluding hydrogens is 378 g/mol. The fraction of sp³-hybridized carbons (Fsp3) is 0.500. The lowest BCUT2D eigenvalue weighted by Crippen LogP contribution is -2.41. The number of alkyl halides is 1. The summed E-state index contributed by atoms with van der Waals surface area (Å²) in [6.07, 6.45) is 1.99. The van der Waals surface area contributed by atoms with Gasteiger partial charge in [-0.15, -0.1) is 11.6 Å². The van der Waals surface area contributed by atoms with Crippen molar-refractivity contribution in [1.29, 1.82) is 0 Å². The molecule has 1 aliphatic heterocycles. The lowest BCUT2D eigenvalue weighted by Gasteiger charge is -2.32. The average Bonchev–Trinajstić information content (AvgIpc) is 2.73. The summed E-state index contributed by atoms with van der Waals surface area (Å²) in [5.74, 6) is 0.847. The van der Waals surface area contributed by atoms with Crippen molar-refractivity contribution >= 4 is 53.3 Å². The van der Waals surface area contributed by atoms with Gasteiger partial charge >= 0.3 is 7.12 Å². The minimum Gasteiger partial charge on any atom is -0.400 e. The van der Waals surface area contributed by atoms with Gasteiger partial charge in [-0.2, -0.15) is 0 Å². The maximum absolute atomic E-state index is 11.4. The Morgan fingerprint density at radius 2 is 1.84 bits per heavy atom. The summed E-state index contributed by atoms with van der Waals surface area (Å²) in [5, 5.41) is 0.697. The van der Waals surface area contributed by atoms with Crippen molar-refractivity contribution < 1.29 is 14.1 Å². The van der Waals surface area contributed by atoms with Crippen LogP contribution in [0.2, 0.25) is 5.02 Å². The van der Waals surface area contributed by atoms with Gasteiger partial charge in [-0.1, -0.05) is 35.5 Å². The molecule has 1 heterocycles. The van der Waals surface area contributed by atoms with E-state index in [2.05, 4.69) is 0 Å². The van der Waals surface area contributed by atoms with Crippen LogP contribution in [0.15, 0.2) is 23.7 Å². The second-order valence-electron chi connectivity index (χ2n) is 7.07. The zero-order chi connectivity index (χ0) is 18.8. The third-order valence-corrected chi connectivity index (χ3v) is 6.10. The fourth-order valence-corrected chi connectivity index (χ4v) is 3.42. The molecule has 0 N–H and O–H groups in total. The van der Waals surface area contributed by atoms with Crippen molar-refractivity contribution in [3.05, 3.63) is 39.8 Å². The van der Waals surface area contributed by atoms with E-state index in [1.807, 2.05) is 52.0 Å². The third-order valence-electron chi connectivity index (χ3n) is 4.56. The van der Waals surface area contributed by atoms with Crippen LogP contribution in [-0.2, 0) is 20.0 Å². The molecule has 1 fully saturated rings. The smallest absolute Gasteiger partial charge is 0.400 e. The highest BCUT2D eigenvalue weighted by Gasteiger charge is 2.52. The van der Waals surface area contributed by atoms with Gasteiger partial charge < -0.3 is 9.31 Å². The number of carbonyl (C=O) groups is 1. The van der Waals surface area contributed by atoms with Crippen LogP contribution in [-0.4, -0.2) is 29.2 Å². The Morgan fingerprint density at radius 1 is 1.24 bits per heavy atom. The topological polar surface area (TPSA) is 35.5 Å². The standard InChI is InChI=1S/C18H23BCl2O3S/c1-12(22)25-11-15(19-23-17(2,3)18(4,5)24-19)9-13-6-7-16(21)14(8-13)10-20/h6-9H,10-11H2,1-5H3. The molecule has 0 spiro atoms. The van der Waals surface area contributed by atoms with Gasteiger partial charge in [0.15, 0.2) is 5.12 Å². The van der Waals surface area contributed by atoms with Gasteiger partial charge in [0.05, 0.1) is 11.2 Å². The number of rotatable bonds is 5. The summed E-state index contributed by atoms with van der Waals surface area (Å²) in [7, 11) is -0.494. The SMILES string of the molecule is CC(=O)SCC(=Cc1ccc(Cl)c(CCl)c1)B1OC(C)(C)C(C)(C)O1. The first-order chi connectivity index (χ1) is 11.6. The van der Waals surface area contributed by atoms with E-state index in [0.29, 0.717) is 16.7 Å². The highest BCUT2D eigenvalue weighted by molar-refractivity contribution is 8.13. The Labute approximate surface area is 164 Å². The molecule has 0 saturated carbocycles. The Kier molecular flexibility index (Phi) is 6.72. The van der Waals surface area contributed by atoms with Crippen molar-refractivity contribution in [3.63, 3.8) is 0 Å². The first-order valence-corrected chi connectivity index (χ1v) is 9.99. The first-order valence-electron chi connectivity index (χ1n) is 8.09. The molecule has 0 amide bonds. The van der Waals surface area contributed by atoms with Crippen molar-refractivity contribution in [2.45, 2.75) is 51.7 Å². The molecule has 1 aromatic rings. The fourth-order valence-electron chi connectivity index (χ4n) is 2.36. The Bertz CT molecular complexity index is 673. The molecule has 1 aromatic carbocycles. The van der Waals surface area contributed by atoms with Crippen LogP contribution in [0.25, 0.3) is 6.08 Å². The van der Waals surface area contributed by atoms with Crippen LogP contribution in [0.5, 0.6) is 0 Å². The molecular formula is C18H23BCl2O3S. The third kappa shape index (κ3) is 5.04. The van der Waals surface area contributed by atoms with Gasteiger partial charge in [-0.25, -0.2) is 0 Å². The lowest BCUT2D eigenvalue weighted by molar-refractivity contribution is -0.109. The number of hydrogen-bond acceptors (Lipinski definition) is 4. The molecule has 25 heavy (non-hydrogen) atoms. The zero-order valence-electron chi connectivity index (χ0n) is 15.2. The van der Waals surface area contributed by atoms with E-state index in [9.17, 15) is 4.79 Å². The molecule has 7 heteroatoms. The number of thioether (sulfide) groups is 1. The van der Waals surface area contributed by atoms with E-state index in [1.54, 1.807) is 6.92 Å². The van der Waals surface area contributed by atoms with Crippen LogP contribution in [0, 0.1) is 0 Å². The van der Waals surface area contributed by atoms with E-state index in [0.717, 1.165) is 16.6 Å². The molecule has 1 aliphatic rings. The zero-order valence-corrected chi connectivity index (χ0v) is 17.5. The first kappa shape index (κ1) is 20.9. The Morgan fingerprint density at radius 3 is 2.36 bits per heavy atom. The summed E-state index contributed by atoms with van der Waals surface area (Å²) in [5.41, 5.74) is 1.86. The maximum Gasteiger partial charge on any atom is 0.491 e. The van der Waals surface area contributed by atoms with Gasteiger partial charge in [-0.05, 0) is 56.4 Å². The van der Waals surface area contributed by atoms with Gasteiger partial charge in [0.25, 0.3) is 0 Å².